The van der Waals surface area contributed by atoms with Crippen LogP contribution >= 0.6 is 11.3 Å². The summed E-state index contributed by atoms with van der Waals surface area (Å²) in [5.41, 5.74) is 2.86. The summed E-state index contributed by atoms with van der Waals surface area (Å²) in [6.07, 6.45) is 2.23. The number of carbonyl (C=O) groups is 2. The van der Waals surface area contributed by atoms with Crippen LogP contribution in [0.4, 0.5) is 10.5 Å². The Kier molecular flexibility index (Phi) is 7.22. The smallest absolute Gasteiger partial charge is 0.322 e. The lowest BCUT2D eigenvalue weighted by Crippen LogP contribution is -2.45. The number of aryl methyl sites for hydroxylation is 1. The maximum atomic E-state index is 13.4. The third-order valence-electron chi connectivity index (χ3n) is 5.67. The van der Waals surface area contributed by atoms with Crippen LogP contribution in [0.5, 0.6) is 0 Å². The number of nitrogens with one attached hydrogen (secondary N) is 1. The molecule has 1 heterocycles. The fourth-order valence-corrected chi connectivity index (χ4v) is 4.35. The monoisotopic (exact) mass is 447 g/mol. The number of urea groups is 1. The van der Waals surface area contributed by atoms with Crippen molar-refractivity contribution in [3.63, 3.8) is 0 Å². The second kappa shape index (κ2) is 10.5. The number of rotatable bonds is 9. The van der Waals surface area contributed by atoms with E-state index in [-0.39, 0.29) is 18.5 Å². The van der Waals surface area contributed by atoms with Gasteiger partial charge in [-0.25, -0.2) is 4.79 Å². The lowest BCUT2D eigenvalue weighted by atomic mass is 10.2. The molecule has 1 fully saturated rings. The summed E-state index contributed by atoms with van der Waals surface area (Å²) in [5, 5.41) is 5.02. The molecule has 1 aliphatic carbocycles. The highest BCUT2D eigenvalue weighted by Crippen LogP contribution is 2.30. The highest BCUT2D eigenvalue weighted by atomic mass is 32.1. The number of nitrogens with zero attached hydrogens (tertiary/aromatic N) is 2. The zero-order valence-corrected chi connectivity index (χ0v) is 19.2. The summed E-state index contributed by atoms with van der Waals surface area (Å²) in [6.45, 7) is 3.72. The second-order valence-corrected chi connectivity index (χ2v) is 9.42. The van der Waals surface area contributed by atoms with Gasteiger partial charge in [0.25, 0.3) is 0 Å². The molecule has 1 N–H and O–H groups in total. The Morgan fingerprint density at radius 3 is 2.38 bits per heavy atom. The van der Waals surface area contributed by atoms with E-state index in [1.54, 1.807) is 16.2 Å². The first-order valence-electron chi connectivity index (χ1n) is 11.0. The van der Waals surface area contributed by atoms with Crippen LogP contribution in [0.25, 0.3) is 0 Å². The topological polar surface area (TPSA) is 52.7 Å². The van der Waals surface area contributed by atoms with Crippen LogP contribution < -0.4 is 5.32 Å². The highest BCUT2D eigenvalue weighted by Gasteiger charge is 2.29. The normalized spacial score (nSPS) is 12.9. The van der Waals surface area contributed by atoms with Gasteiger partial charge in [-0.3, -0.25) is 4.79 Å². The summed E-state index contributed by atoms with van der Waals surface area (Å²) in [6, 6.07) is 21.5. The van der Waals surface area contributed by atoms with E-state index >= 15 is 0 Å². The van der Waals surface area contributed by atoms with Gasteiger partial charge in [0.05, 0.1) is 6.54 Å². The minimum atomic E-state index is -0.213. The molecular weight excluding hydrogens is 418 g/mol. The Balaban J connectivity index is 1.48. The van der Waals surface area contributed by atoms with Crippen molar-refractivity contribution < 1.29 is 9.59 Å². The zero-order chi connectivity index (χ0) is 22.3. The van der Waals surface area contributed by atoms with Gasteiger partial charge in [0.2, 0.25) is 5.91 Å². The van der Waals surface area contributed by atoms with Crippen molar-refractivity contribution in [1.82, 2.24) is 9.80 Å². The summed E-state index contributed by atoms with van der Waals surface area (Å²) < 4.78 is 0. The summed E-state index contributed by atoms with van der Waals surface area (Å²) in [4.78, 5) is 31.2. The van der Waals surface area contributed by atoms with Crippen molar-refractivity contribution in [2.45, 2.75) is 32.9 Å². The van der Waals surface area contributed by atoms with Gasteiger partial charge in [-0.1, -0.05) is 54.6 Å². The Bertz CT molecular complexity index is 1030. The van der Waals surface area contributed by atoms with E-state index < -0.39 is 0 Å². The third-order valence-corrected chi connectivity index (χ3v) is 6.53. The third kappa shape index (κ3) is 6.20. The highest BCUT2D eigenvalue weighted by molar-refractivity contribution is 7.09. The Hall–Kier alpha value is -3.12. The number of para-hydroxylation sites is 1. The second-order valence-electron chi connectivity index (χ2n) is 8.38. The number of anilines is 1. The number of amides is 3. The van der Waals surface area contributed by atoms with E-state index in [0.717, 1.165) is 34.5 Å². The maximum absolute atomic E-state index is 13.4. The molecule has 2 aromatic carbocycles. The Morgan fingerprint density at radius 1 is 0.938 bits per heavy atom. The van der Waals surface area contributed by atoms with Gasteiger partial charge >= 0.3 is 6.03 Å². The van der Waals surface area contributed by atoms with Crippen LogP contribution in [-0.2, 0) is 17.9 Å². The molecule has 0 aliphatic heterocycles. The molecule has 4 rings (SSSR count). The molecule has 0 saturated heterocycles. The quantitative estimate of drug-likeness (QED) is 0.469. The van der Waals surface area contributed by atoms with E-state index in [4.69, 9.17) is 0 Å². The number of benzene rings is 2. The van der Waals surface area contributed by atoms with Gasteiger partial charge < -0.3 is 15.1 Å². The molecule has 0 unspecified atom stereocenters. The molecule has 0 atom stereocenters. The van der Waals surface area contributed by atoms with E-state index in [9.17, 15) is 9.59 Å². The molecule has 1 aromatic heterocycles. The molecule has 0 bridgehead atoms. The van der Waals surface area contributed by atoms with Crippen molar-refractivity contribution in [2.24, 2.45) is 5.92 Å². The van der Waals surface area contributed by atoms with E-state index in [2.05, 4.69) is 5.32 Å². The first-order chi connectivity index (χ1) is 15.6. The van der Waals surface area contributed by atoms with Crippen LogP contribution in [0.15, 0.2) is 72.1 Å². The molecule has 32 heavy (non-hydrogen) atoms. The molecular formula is C26H29N3O2S. The van der Waals surface area contributed by atoms with Crippen LogP contribution in [0, 0.1) is 12.8 Å². The number of carbonyl (C=O) groups excluding carboxylic acids is 2. The first kappa shape index (κ1) is 22.1. The fraction of sp³-hybridized carbons (Fsp3) is 0.308. The molecule has 6 heteroatoms. The maximum Gasteiger partial charge on any atom is 0.322 e. The Labute approximate surface area is 193 Å². The predicted octanol–water partition coefficient (Wildman–Crippen LogP) is 5.53. The van der Waals surface area contributed by atoms with Crippen molar-refractivity contribution in [2.75, 3.05) is 18.4 Å². The molecule has 0 spiro atoms. The van der Waals surface area contributed by atoms with Gasteiger partial charge in [0, 0.05) is 23.7 Å². The van der Waals surface area contributed by atoms with Crippen LogP contribution in [0.3, 0.4) is 0 Å². The van der Waals surface area contributed by atoms with Crippen LogP contribution in [0.2, 0.25) is 0 Å². The average Bonchev–Trinajstić information content (AvgIpc) is 3.47. The molecule has 5 nitrogen and oxygen atoms in total. The molecule has 0 radical (unpaired) electrons. The van der Waals surface area contributed by atoms with E-state index in [0.29, 0.717) is 25.6 Å². The zero-order valence-electron chi connectivity index (χ0n) is 18.4. The first-order valence-corrected chi connectivity index (χ1v) is 11.9. The van der Waals surface area contributed by atoms with Gasteiger partial charge in [-0.15, -0.1) is 11.3 Å². The lowest BCUT2D eigenvalue weighted by Gasteiger charge is -2.28. The SMILES string of the molecule is Cc1ccccc1NC(=O)N(CC(=O)N(Cc1ccccc1)Cc1cccs1)CC1CC1. The molecule has 1 aliphatic rings. The number of hydrogen-bond donors (Lipinski definition) is 1. The van der Waals surface area contributed by atoms with Gasteiger partial charge in [-0.05, 0) is 54.3 Å². The van der Waals surface area contributed by atoms with Gasteiger partial charge in [0.1, 0.15) is 6.54 Å². The van der Waals surface area contributed by atoms with Crippen molar-refractivity contribution in [3.05, 3.63) is 88.1 Å². The summed E-state index contributed by atoms with van der Waals surface area (Å²) in [7, 11) is 0. The van der Waals surface area contributed by atoms with Crippen molar-refractivity contribution in [1.29, 1.82) is 0 Å². The molecule has 3 amide bonds. The van der Waals surface area contributed by atoms with Crippen LogP contribution in [0.1, 0.15) is 28.8 Å². The standard InChI is InChI=1S/C26H29N3O2S/c1-20-8-5-6-12-24(20)27-26(31)29(17-22-13-14-22)19-25(30)28(18-23-11-7-15-32-23)16-21-9-3-2-4-10-21/h2-12,15,22H,13-14,16-19H2,1H3,(H,27,31). The number of hydrogen-bond acceptors (Lipinski definition) is 3. The molecule has 3 aromatic rings. The van der Waals surface area contributed by atoms with Gasteiger partial charge in [-0.2, -0.15) is 0 Å². The summed E-state index contributed by atoms with van der Waals surface area (Å²) in [5.74, 6) is 0.452. The predicted molar refractivity (Wildman–Crippen MR) is 130 cm³/mol. The summed E-state index contributed by atoms with van der Waals surface area (Å²) >= 11 is 1.64. The number of thiophene rings is 1. The minimum absolute atomic E-state index is 0.0390. The minimum Gasteiger partial charge on any atom is -0.332 e. The largest absolute Gasteiger partial charge is 0.332 e. The van der Waals surface area contributed by atoms with Crippen LogP contribution in [-0.4, -0.2) is 34.8 Å². The fourth-order valence-electron chi connectivity index (χ4n) is 3.63. The average molecular weight is 448 g/mol. The van der Waals surface area contributed by atoms with E-state index in [1.165, 1.54) is 0 Å². The lowest BCUT2D eigenvalue weighted by molar-refractivity contribution is -0.133. The molecule has 166 valence electrons. The van der Waals surface area contributed by atoms with Crippen molar-refractivity contribution >= 4 is 29.0 Å². The Morgan fingerprint density at radius 2 is 1.69 bits per heavy atom. The van der Waals surface area contributed by atoms with Gasteiger partial charge in [0.15, 0.2) is 0 Å². The van der Waals surface area contributed by atoms with Crippen molar-refractivity contribution in [3.8, 4) is 0 Å². The molecule has 1 saturated carbocycles. The van der Waals surface area contributed by atoms with E-state index in [1.807, 2.05) is 83.9 Å².